The number of amides is 1. The Morgan fingerprint density at radius 3 is 3.00 bits per heavy atom. The molecule has 2 N–H and O–H groups in total. The fourth-order valence-electron chi connectivity index (χ4n) is 1.78. The van der Waals surface area contributed by atoms with Crippen molar-refractivity contribution in [2.75, 3.05) is 5.32 Å². The van der Waals surface area contributed by atoms with Crippen LogP contribution in [0.4, 0.5) is 5.69 Å². The SMILES string of the molecule is Cc1nc2ccc(NC(=O)c3c[nH]c(=O)cn3)cc2o1. The summed E-state index contributed by atoms with van der Waals surface area (Å²) >= 11 is 0. The number of carbonyl (C=O) groups is 1. The summed E-state index contributed by atoms with van der Waals surface area (Å²) in [5, 5.41) is 2.67. The number of anilines is 1. The standard InChI is InChI=1S/C13H10N4O3/c1-7-16-9-3-2-8(4-11(9)20-7)17-13(19)10-5-15-12(18)6-14-10/h2-6H,1H3,(H,15,18)(H,17,19). The van der Waals surface area contributed by atoms with Crippen molar-refractivity contribution in [2.24, 2.45) is 0 Å². The first-order chi connectivity index (χ1) is 9.61. The number of rotatable bonds is 2. The van der Waals surface area contributed by atoms with Gasteiger partial charge < -0.3 is 14.7 Å². The maximum absolute atomic E-state index is 11.9. The molecule has 0 saturated carbocycles. The highest BCUT2D eigenvalue weighted by atomic mass is 16.3. The second kappa shape index (κ2) is 4.61. The number of hydrogen-bond acceptors (Lipinski definition) is 5. The molecule has 3 aromatic rings. The van der Waals surface area contributed by atoms with Crippen molar-refractivity contribution in [3.05, 3.63) is 52.5 Å². The number of hydrogen-bond donors (Lipinski definition) is 2. The van der Waals surface area contributed by atoms with Crippen LogP contribution < -0.4 is 10.9 Å². The second-order valence-electron chi connectivity index (χ2n) is 4.17. The average molecular weight is 270 g/mol. The third-order valence-corrected chi connectivity index (χ3v) is 2.66. The van der Waals surface area contributed by atoms with Crippen LogP contribution in [0.2, 0.25) is 0 Å². The fraction of sp³-hybridized carbons (Fsp3) is 0.0769. The van der Waals surface area contributed by atoms with Gasteiger partial charge in [0, 0.05) is 24.9 Å². The van der Waals surface area contributed by atoms with Crippen LogP contribution in [-0.4, -0.2) is 20.9 Å². The van der Waals surface area contributed by atoms with E-state index in [9.17, 15) is 9.59 Å². The van der Waals surface area contributed by atoms with E-state index >= 15 is 0 Å². The zero-order valence-corrected chi connectivity index (χ0v) is 10.5. The van der Waals surface area contributed by atoms with Gasteiger partial charge in [0.25, 0.3) is 11.5 Å². The number of fused-ring (bicyclic) bond motifs is 1. The topological polar surface area (TPSA) is 101 Å². The number of oxazole rings is 1. The molecule has 2 heterocycles. The lowest BCUT2D eigenvalue weighted by atomic mass is 10.3. The van der Waals surface area contributed by atoms with Gasteiger partial charge in [-0.1, -0.05) is 0 Å². The van der Waals surface area contributed by atoms with E-state index in [4.69, 9.17) is 4.42 Å². The van der Waals surface area contributed by atoms with Crippen molar-refractivity contribution in [3.63, 3.8) is 0 Å². The van der Waals surface area contributed by atoms with Crippen LogP contribution in [0.25, 0.3) is 11.1 Å². The van der Waals surface area contributed by atoms with Crippen LogP contribution >= 0.6 is 0 Å². The van der Waals surface area contributed by atoms with E-state index in [0.29, 0.717) is 17.2 Å². The van der Waals surface area contributed by atoms with Crippen molar-refractivity contribution in [1.82, 2.24) is 15.0 Å². The molecule has 0 bridgehead atoms. The normalized spacial score (nSPS) is 10.7. The molecule has 20 heavy (non-hydrogen) atoms. The first-order valence-corrected chi connectivity index (χ1v) is 5.85. The molecule has 2 aromatic heterocycles. The van der Waals surface area contributed by atoms with Crippen LogP contribution in [0, 0.1) is 6.92 Å². The number of aromatic nitrogens is 3. The molecule has 1 aromatic carbocycles. The van der Waals surface area contributed by atoms with Gasteiger partial charge in [0.1, 0.15) is 11.2 Å². The summed E-state index contributed by atoms with van der Waals surface area (Å²) in [6.45, 7) is 1.75. The minimum absolute atomic E-state index is 0.124. The summed E-state index contributed by atoms with van der Waals surface area (Å²) in [7, 11) is 0. The predicted molar refractivity (Wildman–Crippen MR) is 71.6 cm³/mol. The minimum Gasteiger partial charge on any atom is -0.441 e. The Kier molecular flexibility index (Phi) is 2.79. The number of H-pyrrole nitrogens is 1. The summed E-state index contributed by atoms with van der Waals surface area (Å²) in [5.41, 5.74) is 1.64. The van der Waals surface area contributed by atoms with Crippen LogP contribution in [0.1, 0.15) is 16.4 Å². The summed E-state index contributed by atoms with van der Waals surface area (Å²) in [6, 6.07) is 5.15. The van der Waals surface area contributed by atoms with Crippen molar-refractivity contribution in [2.45, 2.75) is 6.92 Å². The minimum atomic E-state index is -0.420. The molecule has 0 spiro atoms. The Morgan fingerprint density at radius 2 is 2.25 bits per heavy atom. The van der Waals surface area contributed by atoms with Crippen LogP contribution in [0.5, 0.6) is 0 Å². The van der Waals surface area contributed by atoms with Crippen LogP contribution in [-0.2, 0) is 0 Å². The highest BCUT2D eigenvalue weighted by Crippen LogP contribution is 2.20. The highest BCUT2D eigenvalue weighted by molar-refractivity contribution is 6.03. The molecule has 0 aliphatic heterocycles. The third kappa shape index (κ3) is 2.28. The quantitative estimate of drug-likeness (QED) is 0.734. The van der Waals surface area contributed by atoms with Crippen LogP contribution in [0.15, 0.2) is 39.8 Å². The van der Waals surface area contributed by atoms with Gasteiger partial charge >= 0.3 is 0 Å². The average Bonchev–Trinajstić information content (AvgIpc) is 2.78. The smallest absolute Gasteiger partial charge is 0.275 e. The van der Waals surface area contributed by atoms with Gasteiger partial charge in [-0.15, -0.1) is 0 Å². The Labute approximate surface area is 112 Å². The number of nitrogens with zero attached hydrogens (tertiary/aromatic N) is 2. The summed E-state index contributed by atoms with van der Waals surface area (Å²) in [5.74, 6) is 0.141. The molecule has 0 atom stereocenters. The summed E-state index contributed by atoms with van der Waals surface area (Å²) < 4.78 is 5.39. The number of benzene rings is 1. The van der Waals surface area contributed by atoms with Crippen molar-refractivity contribution in [1.29, 1.82) is 0 Å². The van der Waals surface area contributed by atoms with Crippen molar-refractivity contribution in [3.8, 4) is 0 Å². The molecule has 1 amide bonds. The zero-order chi connectivity index (χ0) is 14.1. The summed E-state index contributed by atoms with van der Waals surface area (Å²) in [6.07, 6.45) is 2.31. The molecular weight excluding hydrogens is 260 g/mol. The largest absolute Gasteiger partial charge is 0.441 e. The maximum Gasteiger partial charge on any atom is 0.275 e. The Balaban J connectivity index is 1.86. The van der Waals surface area contributed by atoms with Crippen molar-refractivity contribution >= 4 is 22.7 Å². The number of aryl methyl sites for hydroxylation is 1. The van der Waals surface area contributed by atoms with E-state index in [-0.39, 0.29) is 11.3 Å². The van der Waals surface area contributed by atoms with E-state index in [2.05, 4.69) is 20.3 Å². The monoisotopic (exact) mass is 270 g/mol. The lowest BCUT2D eigenvalue weighted by Gasteiger charge is -2.03. The lowest BCUT2D eigenvalue weighted by Crippen LogP contribution is -2.16. The number of carbonyl (C=O) groups excluding carboxylic acids is 1. The van der Waals surface area contributed by atoms with Gasteiger partial charge in [-0.2, -0.15) is 0 Å². The predicted octanol–water partition coefficient (Wildman–Crippen LogP) is 1.47. The molecular formula is C13H10N4O3. The number of nitrogens with one attached hydrogen (secondary N) is 2. The van der Waals surface area contributed by atoms with E-state index in [0.717, 1.165) is 11.7 Å². The zero-order valence-electron chi connectivity index (χ0n) is 10.5. The maximum atomic E-state index is 11.9. The number of aromatic amines is 1. The Hall–Kier alpha value is -2.96. The molecule has 7 nitrogen and oxygen atoms in total. The van der Waals surface area contributed by atoms with Gasteiger partial charge in [-0.05, 0) is 12.1 Å². The van der Waals surface area contributed by atoms with E-state index in [1.54, 1.807) is 25.1 Å². The van der Waals surface area contributed by atoms with Gasteiger partial charge in [-0.25, -0.2) is 9.97 Å². The third-order valence-electron chi connectivity index (χ3n) is 2.66. The molecule has 100 valence electrons. The molecule has 0 fully saturated rings. The summed E-state index contributed by atoms with van der Waals surface area (Å²) in [4.78, 5) is 33.1. The Morgan fingerprint density at radius 1 is 1.40 bits per heavy atom. The van der Waals surface area contributed by atoms with Crippen LogP contribution in [0.3, 0.4) is 0 Å². The van der Waals surface area contributed by atoms with E-state index in [1.807, 2.05) is 0 Å². The lowest BCUT2D eigenvalue weighted by molar-refractivity contribution is 0.102. The highest BCUT2D eigenvalue weighted by Gasteiger charge is 2.09. The second-order valence-corrected chi connectivity index (χ2v) is 4.17. The first kappa shape index (κ1) is 12.1. The first-order valence-electron chi connectivity index (χ1n) is 5.85. The van der Waals surface area contributed by atoms with Gasteiger partial charge in [-0.3, -0.25) is 9.59 Å². The van der Waals surface area contributed by atoms with Gasteiger partial charge in [0.15, 0.2) is 11.5 Å². The van der Waals surface area contributed by atoms with E-state index in [1.165, 1.54) is 6.20 Å². The van der Waals surface area contributed by atoms with Crippen molar-refractivity contribution < 1.29 is 9.21 Å². The molecule has 0 radical (unpaired) electrons. The molecule has 0 aliphatic carbocycles. The molecule has 0 unspecified atom stereocenters. The molecule has 7 heteroatoms. The Bertz CT molecular complexity index is 830. The molecule has 0 saturated heterocycles. The molecule has 3 rings (SSSR count). The van der Waals surface area contributed by atoms with Gasteiger partial charge in [0.2, 0.25) is 0 Å². The fourth-order valence-corrected chi connectivity index (χ4v) is 1.78. The molecule has 0 aliphatic rings. The van der Waals surface area contributed by atoms with Gasteiger partial charge in [0.05, 0.1) is 6.20 Å². The van der Waals surface area contributed by atoms with E-state index < -0.39 is 5.91 Å².